The molecule has 128 valence electrons. The highest BCUT2D eigenvalue weighted by molar-refractivity contribution is 5.76. The van der Waals surface area contributed by atoms with E-state index in [1.54, 1.807) is 6.26 Å². The van der Waals surface area contributed by atoms with Gasteiger partial charge in [-0.2, -0.15) is 5.10 Å². The van der Waals surface area contributed by atoms with Crippen molar-refractivity contribution in [3.8, 4) is 0 Å². The normalized spacial score (nSPS) is 21.0. The van der Waals surface area contributed by atoms with Crippen LogP contribution in [-0.4, -0.2) is 32.1 Å². The molecule has 1 aliphatic rings. The van der Waals surface area contributed by atoms with Gasteiger partial charge in [0, 0.05) is 19.5 Å². The molecule has 2 aromatic heterocycles. The van der Waals surface area contributed by atoms with Crippen molar-refractivity contribution < 1.29 is 14.1 Å². The molecule has 0 aromatic carbocycles. The smallest absolute Gasteiger partial charge is 0.306 e. The number of furan rings is 1. The van der Waals surface area contributed by atoms with Crippen molar-refractivity contribution in [2.75, 3.05) is 6.54 Å². The van der Waals surface area contributed by atoms with Crippen LogP contribution < -0.4 is 0 Å². The Morgan fingerprint density at radius 3 is 3.04 bits per heavy atom. The maximum atomic E-state index is 12.6. The van der Waals surface area contributed by atoms with Crippen molar-refractivity contribution in [1.29, 1.82) is 0 Å². The van der Waals surface area contributed by atoms with E-state index in [2.05, 4.69) is 12.0 Å². The Bertz CT molecular complexity index is 709. The van der Waals surface area contributed by atoms with Crippen molar-refractivity contribution in [2.45, 2.75) is 38.8 Å². The standard InChI is InChI=1S/C16H20N4O4/c1-12-4-7-19(14(9-12)15-3-2-8-24-15)16(21)5-6-18-11-13(10-17-18)20(22)23/h2-3,8,10-12,14H,4-7,9H2,1H3. The fourth-order valence-electron chi connectivity index (χ4n) is 3.11. The number of aromatic nitrogens is 2. The van der Waals surface area contributed by atoms with Gasteiger partial charge in [-0.05, 0) is 30.9 Å². The van der Waals surface area contributed by atoms with Gasteiger partial charge in [-0.25, -0.2) is 0 Å². The zero-order valence-electron chi connectivity index (χ0n) is 13.5. The molecule has 0 spiro atoms. The quantitative estimate of drug-likeness (QED) is 0.620. The topological polar surface area (TPSA) is 94.4 Å². The molecule has 0 bridgehead atoms. The fourth-order valence-corrected chi connectivity index (χ4v) is 3.11. The number of piperidine rings is 1. The second-order valence-corrected chi connectivity index (χ2v) is 6.22. The largest absolute Gasteiger partial charge is 0.467 e. The minimum absolute atomic E-state index is 0.0152. The van der Waals surface area contributed by atoms with Crippen molar-refractivity contribution >= 4 is 11.6 Å². The summed E-state index contributed by atoms with van der Waals surface area (Å²) in [5.41, 5.74) is -0.0669. The van der Waals surface area contributed by atoms with Crippen LogP contribution in [0.25, 0.3) is 0 Å². The van der Waals surface area contributed by atoms with E-state index in [0.29, 0.717) is 19.0 Å². The Balaban J connectivity index is 1.64. The summed E-state index contributed by atoms with van der Waals surface area (Å²) in [4.78, 5) is 24.7. The number of hydrogen-bond donors (Lipinski definition) is 0. The average Bonchev–Trinajstić information content (AvgIpc) is 3.24. The number of carbonyl (C=O) groups excluding carboxylic acids is 1. The first-order valence-corrected chi connectivity index (χ1v) is 8.04. The Morgan fingerprint density at radius 2 is 2.38 bits per heavy atom. The molecule has 2 aromatic rings. The number of aryl methyl sites for hydroxylation is 1. The lowest BCUT2D eigenvalue weighted by Crippen LogP contribution is -2.40. The lowest BCUT2D eigenvalue weighted by atomic mass is 9.91. The highest BCUT2D eigenvalue weighted by atomic mass is 16.6. The van der Waals surface area contributed by atoms with Crippen molar-refractivity contribution in [3.63, 3.8) is 0 Å². The number of rotatable bonds is 5. The molecule has 2 atom stereocenters. The van der Waals surface area contributed by atoms with Crippen LogP contribution in [0, 0.1) is 16.0 Å². The van der Waals surface area contributed by atoms with Gasteiger partial charge in [0.2, 0.25) is 5.91 Å². The summed E-state index contributed by atoms with van der Waals surface area (Å²) in [6, 6.07) is 3.70. The summed E-state index contributed by atoms with van der Waals surface area (Å²) in [5, 5.41) is 14.6. The molecule has 0 aliphatic carbocycles. The van der Waals surface area contributed by atoms with Gasteiger partial charge in [-0.15, -0.1) is 0 Å². The molecule has 8 nitrogen and oxygen atoms in total. The molecule has 3 heterocycles. The van der Waals surface area contributed by atoms with E-state index in [4.69, 9.17) is 4.42 Å². The van der Waals surface area contributed by atoms with Gasteiger partial charge in [-0.3, -0.25) is 19.6 Å². The first-order valence-electron chi connectivity index (χ1n) is 8.04. The van der Waals surface area contributed by atoms with Crippen molar-refractivity contribution in [3.05, 3.63) is 46.7 Å². The zero-order valence-corrected chi connectivity index (χ0v) is 13.5. The third-order valence-electron chi connectivity index (χ3n) is 4.44. The third kappa shape index (κ3) is 3.47. The van der Waals surface area contributed by atoms with E-state index in [1.165, 1.54) is 17.1 Å². The number of likely N-dealkylation sites (tertiary alicyclic amines) is 1. The average molecular weight is 332 g/mol. The Labute approximate surface area is 139 Å². The number of nitro groups is 1. The zero-order chi connectivity index (χ0) is 17.1. The van der Waals surface area contributed by atoms with E-state index >= 15 is 0 Å². The Hall–Kier alpha value is -2.64. The summed E-state index contributed by atoms with van der Waals surface area (Å²) < 4.78 is 6.94. The molecule has 1 amide bonds. The van der Waals surface area contributed by atoms with Gasteiger partial charge in [0.15, 0.2) is 0 Å². The van der Waals surface area contributed by atoms with Crippen LogP contribution in [0.1, 0.15) is 38.0 Å². The fraction of sp³-hybridized carbons (Fsp3) is 0.500. The van der Waals surface area contributed by atoms with Gasteiger partial charge in [-0.1, -0.05) is 6.92 Å². The maximum Gasteiger partial charge on any atom is 0.306 e. The lowest BCUT2D eigenvalue weighted by Gasteiger charge is -2.37. The molecule has 1 saturated heterocycles. The first kappa shape index (κ1) is 16.2. The summed E-state index contributed by atoms with van der Waals surface area (Å²) >= 11 is 0. The van der Waals surface area contributed by atoms with E-state index in [1.807, 2.05) is 17.0 Å². The van der Waals surface area contributed by atoms with Crippen LogP contribution >= 0.6 is 0 Å². The summed E-state index contributed by atoms with van der Waals surface area (Å²) in [5.74, 6) is 1.36. The molecule has 0 saturated carbocycles. The number of carbonyl (C=O) groups is 1. The van der Waals surface area contributed by atoms with Crippen molar-refractivity contribution in [1.82, 2.24) is 14.7 Å². The summed E-state index contributed by atoms with van der Waals surface area (Å²) in [6.07, 6.45) is 6.27. The molecule has 8 heteroatoms. The van der Waals surface area contributed by atoms with Crippen LogP contribution in [0.3, 0.4) is 0 Å². The highest BCUT2D eigenvalue weighted by Crippen LogP contribution is 2.34. The predicted octanol–water partition coefficient (Wildman–Crippen LogP) is 2.77. The molecule has 0 N–H and O–H groups in total. The summed E-state index contributed by atoms with van der Waals surface area (Å²) in [7, 11) is 0. The minimum Gasteiger partial charge on any atom is -0.467 e. The number of hydrogen-bond acceptors (Lipinski definition) is 5. The number of amides is 1. The maximum absolute atomic E-state index is 12.6. The van der Waals surface area contributed by atoms with E-state index in [9.17, 15) is 14.9 Å². The molecule has 0 radical (unpaired) electrons. The molecule has 1 fully saturated rings. The second-order valence-electron chi connectivity index (χ2n) is 6.22. The van der Waals surface area contributed by atoms with Crippen LogP contribution in [0.5, 0.6) is 0 Å². The van der Waals surface area contributed by atoms with Gasteiger partial charge in [0.05, 0.1) is 17.2 Å². The van der Waals surface area contributed by atoms with Crippen LogP contribution in [0.2, 0.25) is 0 Å². The predicted molar refractivity (Wildman–Crippen MR) is 85.1 cm³/mol. The molecule has 3 rings (SSSR count). The van der Waals surface area contributed by atoms with Gasteiger partial charge < -0.3 is 9.32 Å². The molecule has 24 heavy (non-hydrogen) atoms. The van der Waals surface area contributed by atoms with E-state index in [0.717, 1.165) is 18.6 Å². The van der Waals surface area contributed by atoms with Crippen molar-refractivity contribution in [2.24, 2.45) is 5.92 Å². The minimum atomic E-state index is -0.496. The SMILES string of the molecule is CC1CCN(C(=O)CCn2cc([N+](=O)[O-])cn2)C(c2ccco2)C1. The first-order chi connectivity index (χ1) is 11.5. The number of nitrogens with zero attached hydrogens (tertiary/aromatic N) is 4. The van der Waals surface area contributed by atoms with E-state index < -0.39 is 4.92 Å². The monoisotopic (exact) mass is 332 g/mol. The molecular formula is C16H20N4O4. The Morgan fingerprint density at radius 1 is 1.54 bits per heavy atom. The third-order valence-corrected chi connectivity index (χ3v) is 4.44. The van der Waals surface area contributed by atoms with Crippen LogP contribution in [-0.2, 0) is 11.3 Å². The van der Waals surface area contributed by atoms with E-state index in [-0.39, 0.29) is 24.1 Å². The summed E-state index contributed by atoms with van der Waals surface area (Å²) in [6.45, 7) is 3.20. The van der Waals surface area contributed by atoms with Crippen LogP contribution in [0.4, 0.5) is 5.69 Å². The lowest BCUT2D eigenvalue weighted by molar-refractivity contribution is -0.385. The van der Waals surface area contributed by atoms with Crippen LogP contribution in [0.15, 0.2) is 35.2 Å². The van der Waals surface area contributed by atoms with Gasteiger partial charge in [0.25, 0.3) is 0 Å². The Kier molecular flexibility index (Phi) is 4.64. The molecular weight excluding hydrogens is 312 g/mol. The molecule has 1 aliphatic heterocycles. The highest BCUT2D eigenvalue weighted by Gasteiger charge is 2.32. The van der Waals surface area contributed by atoms with Gasteiger partial charge >= 0.3 is 5.69 Å². The van der Waals surface area contributed by atoms with Gasteiger partial charge in [0.1, 0.15) is 18.2 Å². The second kappa shape index (κ2) is 6.86. The molecule has 2 unspecified atom stereocenters.